The van der Waals surface area contributed by atoms with Gasteiger partial charge in [-0.05, 0) is 36.5 Å². The molecule has 1 saturated carbocycles. The molecule has 3 rings (SSSR count). The zero-order valence-corrected chi connectivity index (χ0v) is 11.4. The molecule has 3 nitrogen and oxygen atoms in total. The Morgan fingerprint density at radius 3 is 2.72 bits per heavy atom. The number of fused-ring (bicyclic) bond motifs is 1. The van der Waals surface area contributed by atoms with Gasteiger partial charge in [0.15, 0.2) is 0 Å². The summed E-state index contributed by atoms with van der Waals surface area (Å²) < 4.78 is 2.40. The fourth-order valence-electron chi connectivity index (χ4n) is 2.53. The second-order valence-corrected chi connectivity index (χ2v) is 6.27. The SMILES string of the molecule is CC(C)c1nc2cc(N)ccc2n1CC1(C)CC1. The molecule has 2 N–H and O–H groups in total. The number of aromatic nitrogens is 2. The minimum atomic E-state index is 0.445. The summed E-state index contributed by atoms with van der Waals surface area (Å²) in [5.41, 5.74) is 9.38. The van der Waals surface area contributed by atoms with Gasteiger partial charge in [-0.15, -0.1) is 0 Å². The van der Waals surface area contributed by atoms with Gasteiger partial charge in [0, 0.05) is 18.2 Å². The summed E-state index contributed by atoms with van der Waals surface area (Å²) in [6.45, 7) is 7.85. The Labute approximate surface area is 108 Å². The fraction of sp³-hybridized carbons (Fsp3) is 0.533. The third-order valence-electron chi connectivity index (χ3n) is 3.96. The van der Waals surface area contributed by atoms with Crippen LogP contribution in [-0.2, 0) is 6.54 Å². The minimum Gasteiger partial charge on any atom is -0.399 e. The molecule has 0 spiro atoms. The number of rotatable bonds is 3. The standard InChI is InChI=1S/C15H21N3/c1-10(2)14-17-12-8-11(16)4-5-13(12)18(14)9-15(3)6-7-15/h4-5,8,10H,6-7,9,16H2,1-3H3. The number of anilines is 1. The Balaban J connectivity index is 2.15. The molecular weight excluding hydrogens is 222 g/mol. The van der Waals surface area contributed by atoms with Gasteiger partial charge in [0.1, 0.15) is 5.82 Å². The van der Waals surface area contributed by atoms with E-state index in [4.69, 9.17) is 10.7 Å². The van der Waals surface area contributed by atoms with Crippen molar-refractivity contribution < 1.29 is 0 Å². The normalized spacial score (nSPS) is 17.6. The van der Waals surface area contributed by atoms with E-state index in [2.05, 4.69) is 31.4 Å². The first-order valence-corrected chi connectivity index (χ1v) is 6.74. The minimum absolute atomic E-state index is 0.445. The second kappa shape index (κ2) is 3.74. The fourth-order valence-corrected chi connectivity index (χ4v) is 2.53. The number of benzene rings is 1. The van der Waals surface area contributed by atoms with E-state index in [1.807, 2.05) is 12.1 Å². The van der Waals surface area contributed by atoms with E-state index < -0.39 is 0 Å². The Hall–Kier alpha value is -1.51. The van der Waals surface area contributed by atoms with E-state index >= 15 is 0 Å². The van der Waals surface area contributed by atoms with Gasteiger partial charge in [-0.1, -0.05) is 20.8 Å². The molecule has 3 heteroatoms. The Morgan fingerprint density at radius 1 is 1.39 bits per heavy atom. The number of hydrogen-bond donors (Lipinski definition) is 1. The average Bonchev–Trinajstić information content (AvgIpc) is 2.91. The molecule has 1 fully saturated rings. The summed E-state index contributed by atoms with van der Waals surface area (Å²) in [5, 5.41) is 0. The molecule has 0 aliphatic heterocycles. The van der Waals surface area contributed by atoms with Crippen molar-refractivity contribution in [2.24, 2.45) is 5.41 Å². The van der Waals surface area contributed by atoms with Gasteiger partial charge < -0.3 is 10.3 Å². The van der Waals surface area contributed by atoms with E-state index in [1.54, 1.807) is 0 Å². The maximum atomic E-state index is 5.85. The van der Waals surface area contributed by atoms with Gasteiger partial charge in [-0.2, -0.15) is 0 Å². The lowest BCUT2D eigenvalue weighted by molar-refractivity contribution is 0.455. The first-order chi connectivity index (χ1) is 8.48. The van der Waals surface area contributed by atoms with Crippen molar-refractivity contribution in [3.63, 3.8) is 0 Å². The van der Waals surface area contributed by atoms with E-state index in [0.717, 1.165) is 17.7 Å². The summed E-state index contributed by atoms with van der Waals surface area (Å²) in [5.74, 6) is 1.63. The summed E-state index contributed by atoms with van der Waals surface area (Å²) in [6.07, 6.45) is 2.67. The van der Waals surface area contributed by atoms with Crippen molar-refractivity contribution in [2.75, 3.05) is 5.73 Å². The molecule has 1 heterocycles. The number of nitrogens with two attached hydrogens (primary N) is 1. The van der Waals surface area contributed by atoms with Gasteiger partial charge in [-0.25, -0.2) is 4.98 Å². The average molecular weight is 243 g/mol. The Bertz CT molecular complexity index is 591. The van der Waals surface area contributed by atoms with Crippen molar-refractivity contribution in [1.29, 1.82) is 0 Å². The highest BCUT2D eigenvalue weighted by atomic mass is 15.1. The zero-order valence-electron chi connectivity index (χ0n) is 11.4. The number of nitrogens with zero attached hydrogens (tertiary/aromatic N) is 2. The molecule has 18 heavy (non-hydrogen) atoms. The van der Waals surface area contributed by atoms with E-state index in [9.17, 15) is 0 Å². The smallest absolute Gasteiger partial charge is 0.112 e. The quantitative estimate of drug-likeness (QED) is 0.838. The molecule has 1 aromatic carbocycles. The predicted octanol–water partition coefficient (Wildman–Crippen LogP) is 3.54. The molecule has 1 aliphatic carbocycles. The van der Waals surface area contributed by atoms with Crippen molar-refractivity contribution in [2.45, 2.75) is 46.1 Å². The molecular formula is C15H21N3. The summed E-state index contributed by atoms with van der Waals surface area (Å²) in [7, 11) is 0. The van der Waals surface area contributed by atoms with Crippen LogP contribution < -0.4 is 5.73 Å². The molecule has 0 bridgehead atoms. The summed E-state index contributed by atoms with van der Waals surface area (Å²) in [6, 6.07) is 6.06. The van der Waals surface area contributed by atoms with E-state index in [-0.39, 0.29) is 0 Å². The van der Waals surface area contributed by atoms with Crippen LogP contribution in [0.2, 0.25) is 0 Å². The van der Waals surface area contributed by atoms with Crippen molar-refractivity contribution in [1.82, 2.24) is 9.55 Å². The zero-order chi connectivity index (χ0) is 12.9. The molecule has 0 radical (unpaired) electrons. The lowest BCUT2D eigenvalue weighted by atomic mass is 10.1. The highest BCUT2D eigenvalue weighted by Crippen LogP contribution is 2.47. The molecule has 0 unspecified atom stereocenters. The maximum Gasteiger partial charge on any atom is 0.112 e. The second-order valence-electron chi connectivity index (χ2n) is 6.27. The lowest BCUT2D eigenvalue weighted by Crippen LogP contribution is -2.12. The van der Waals surface area contributed by atoms with Crippen LogP contribution in [0.3, 0.4) is 0 Å². The van der Waals surface area contributed by atoms with Crippen molar-refractivity contribution in [3.05, 3.63) is 24.0 Å². The monoisotopic (exact) mass is 243 g/mol. The van der Waals surface area contributed by atoms with Crippen LogP contribution in [-0.4, -0.2) is 9.55 Å². The molecule has 1 aromatic heterocycles. The van der Waals surface area contributed by atoms with Gasteiger partial charge in [0.2, 0.25) is 0 Å². The first-order valence-electron chi connectivity index (χ1n) is 6.74. The topological polar surface area (TPSA) is 43.8 Å². The number of hydrogen-bond acceptors (Lipinski definition) is 2. The first kappa shape index (κ1) is 11.6. The Morgan fingerprint density at radius 2 is 2.11 bits per heavy atom. The molecule has 0 amide bonds. The van der Waals surface area contributed by atoms with Gasteiger partial charge in [-0.3, -0.25) is 0 Å². The van der Waals surface area contributed by atoms with Gasteiger partial charge >= 0.3 is 0 Å². The third-order valence-corrected chi connectivity index (χ3v) is 3.96. The summed E-state index contributed by atoms with van der Waals surface area (Å²) >= 11 is 0. The number of nitrogen functional groups attached to an aromatic ring is 1. The maximum absolute atomic E-state index is 5.85. The highest BCUT2D eigenvalue weighted by molar-refractivity contribution is 5.79. The van der Waals surface area contributed by atoms with Crippen molar-refractivity contribution >= 4 is 16.7 Å². The van der Waals surface area contributed by atoms with Crippen LogP contribution in [0, 0.1) is 5.41 Å². The van der Waals surface area contributed by atoms with Crippen molar-refractivity contribution in [3.8, 4) is 0 Å². The largest absolute Gasteiger partial charge is 0.399 e. The molecule has 0 atom stereocenters. The van der Waals surface area contributed by atoms with Crippen LogP contribution in [0.15, 0.2) is 18.2 Å². The lowest BCUT2D eigenvalue weighted by Gasteiger charge is -2.15. The van der Waals surface area contributed by atoms with E-state index in [0.29, 0.717) is 11.3 Å². The van der Waals surface area contributed by atoms with Gasteiger partial charge in [0.05, 0.1) is 11.0 Å². The molecule has 1 aliphatic rings. The summed E-state index contributed by atoms with van der Waals surface area (Å²) in [4.78, 5) is 4.77. The van der Waals surface area contributed by atoms with Crippen LogP contribution in [0.1, 0.15) is 45.4 Å². The van der Waals surface area contributed by atoms with Crippen LogP contribution in [0.4, 0.5) is 5.69 Å². The number of imidazole rings is 1. The third kappa shape index (κ3) is 1.88. The van der Waals surface area contributed by atoms with Crippen LogP contribution in [0.25, 0.3) is 11.0 Å². The predicted molar refractivity (Wildman–Crippen MR) is 75.6 cm³/mol. The molecule has 2 aromatic rings. The molecule has 96 valence electrons. The van der Waals surface area contributed by atoms with Crippen LogP contribution in [0.5, 0.6) is 0 Å². The van der Waals surface area contributed by atoms with Gasteiger partial charge in [0.25, 0.3) is 0 Å². The van der Waals surface area contributed by atoms with Crippen LogP contribution >= 0.6 is 0 Å². The molecule has 0 saturated heterocycles. The Kier molecular flexibility index (Phi) is 2.40. The highest BCUT2D eigenvalue weighted by Gasteiger charge is 2.38. The van der Waals surface area contributed by atoms with E-state index in [1.165, 1.54) is 24.2 Å².